The quantitative estimate of drug-likeness (QED) is 0.918. The van der Waals surface area contributed by atoms with Gasteiger partial charge in [0.1, 0.15) is 5.60 Å². The van der Waals surface area contributed by atoms with E-state index in [-0.39, 0.29) is 6.09 Å². The topological polar surface area (TPSA) is 41.6 Å². The van der Waals surface area contributed by atoms with Gasteiger partial charge in [0.25, 0.3) is 0 Å². The van der Waals surface area contributed by atoms with Gasteiger partial charge in [0.2, 0.25) is 0 Å². The van der Waals surface area contributed by atoms with Gasteiger partial charge in [-0.1, -0.05) is 24.6 Å². The summed E-state index contributed by atoms with van der Waals surface area (Å²) in [6.07, 6.45) is 3.92. The predicted molar refractivity (Wildman–Crippen MR) is 91.0 cm³/mol. The van der Waals surface area contributed by atoms with Crippen LogP contribution in [-0.4, -0.2) is 23.1 Å². The Balaban J connectivity index is 1.54. The predicted octanol–water partition coefficient (Wildman–Crippen LogP) is 3.83. The van der Waals surface area contributed by atoms with Crippen molar-refractivity contribution in [2.75, 3.05) is 6.54 Å². The average Bonchev–Trinajstić information content (AvgIpc) is 2.83. The van der Waals surface area contributed by atoms with Gasteiger partial charge in [-0.25, -0.2) is 4.79 Å². The van der Waals surface area contributed by atoms with Crippen LogP contribution >= 0.6 is 0 Å². The molecule has 126 valence electrons. The van der Waals surface area contributed by atoms with Crippen molar-refractivity contribution in [2.24, 2.45) is 5.92 Å². The summed E-state index contributed by atoms with van der Waals surface area (Å²) in [5.74, 6) is 0.882. The second kappa shape index (κ2) is 6.52. The number of amides is 1. The summed E-state index contributed by atoms with van der Waals surface area (Å²) in [4.78, 5) is 14.0. The van der Waals surface area contributed by atoms with Gasteiger partial charge >= 0.3 is 6.09 Å². The number of nitrogens with one attached hydrogen (secondary N) is 1. The van der Waals surface area contributed by atoms with E-state index in [2.05, 4.69) is 23.5 Å². The Morgan fingerprint density at radius 2 is 2.00 bits per heavy atom. The van der Waals surface area contributed by atoms with E-state index < -0.39 is 5.60 Å². The second-order valence-corrected chi connectivity index (χ2v) is 7.87. The lowest BCUT2D eigenvalue weighted by atomic mass is 9.85. The molecule has 0 spiro atoms. The molecule has 1 aliphatic heterocycles. The van der Waals surface area contributed by atoms with Gasteiger partial charge in [-0.3, -0.25) is 4.90 Å². The fourth-order valence-electron chi connectivity index (χ4n) is 3.13. The third kappa shape index (κ3) is 4.25. The summed E-state index contributed by atoms with van der Waals surface area (Å²) in [5.41, 5.74) is 3.34. The molecular weight excluding hydrogens is 288 g/mol. The van der Waals surface area contributed by atoms with Crippen molar-refractivity contribution in [3.8, 4) is 0 Å². The molecule has 1 heterocycles. The number of nitrogens with zero attached hydrogens (tertiary/aromatic N) is 1. The summed E-state index contributed by atoms with van der Waals surface area (Å²) in [5, 5.41) is 3.55. The molecule has 23 heavy (non-hydrogen) atoms. The minimum Gasteiger partial charge on any atom is -0.444 e. The van der Waals surface area contributed by atoms with Crippen molar-refractivity contribution in [1.82, 2.24) is 10.2 Å². The highest BCUT2D eigenvalue weighted by atomic mass is 16.6. The molecule has 1 aliphatic carbocycles. The first-order chi connectivity index (χ1) is 10.9. The zero-order valence-electron chi connectivity index (χ0n) is 14.5. The molecule has 1 aromatic rings. The summed E-state index contributed by atoms with van der Waals surface area (Å²) in [6, 6.07) is 6.55. The smallest absolute Gasteiger partial charge is 0.410 e. The molecule has 1 N–H and O–H groups in total. The van der Waals surface area contributed by atoms with Crippen LogP contribution in [0.15, 0.2) is 18.2 Å². The van der Waals surface area contributed by atoms with E-state index in [0.717, 1.165) is 19.0 Å². The highest BCUT2D eigenvalue weighted by Gasteiger charge is 2.27. The zero-order valence-corrected chi connectivity index (χ0v) is 14.5. The van der Waals surface area contributed by atoms with Gasteiger partial charge in [-0.15, -0.1) is 0 Å². The van der Waals surface area contributed by atoms with Crippen LogP contribution in [0.5, 0.6) is 0 Å². The van der Waals surface area contributed by atoms with E-state index in [1.165, 1.54) is 36.0 Å². The number of hydrogen-bond donors (Lipinski definition) is 1. The van der Waals surface area contributed by atoms with Crippen molar-refractivity contribution in [3.05, 3.63) is 34.9 Å². The lowest BCUT2D eigenvalue weighted by Crippen LogP contribution is -2.33. The first kappa shape index (κ1) is 16.3. The van der Waals surface area contributed by atoms with Gasteiger partial charge in [0, 0.05) is 19.6 Å². The zero-order chi connectivity index (χ0) is 16.4. The van der Waals surface area contributed by atoms with E-state index in [4.69, 9.17) is 4.74 Å². The molecule has 1 fully saturated rings. The maximum Gasteiger partial charge on any atom is 0.410 e. The monoisotopic (exact) mass is 316 g/mol. The van der Waals surface area contributed by atoms with Gasteiger partial charge in [-0.2, -0.15) is 0 Å². The van der Waals surface area contributed by atoms with Gasteiger partial charge < -0.3 is 10.1 Å². The molecule has 0 bridgehead atoms. The molecule has 0 aromatic heterocycles. The number of fused-ring (bicyclic) bond motifs is 1. The number of carbonyl (C=O) groups is 1. The molecule has 1 saturated carbocycles. The number of benzene rings is 1. The van der Waals surface area contributed by atoms with Crippen LogP contribution in [0.3, 0.4) is 0 Å². The van der Waals surface area contributed by atoms with Gasteiger partial charge in [0.15, 0.2) is 0 Å². The highest BCUT2D eigenvalue weighted by molar-refractivity contribution is 5.69. The first-order valence-electron chi connectivity index (χ1n) is 8.70. The molecule has 1 amide bonds. The number of hydrogen-bond acceptors (Lipinski definition) is 3. The van der Waals surface area contributed by atoms with E-state index in [1.54, 1.807) is 4.90 Å². The van der Waals surface area contributed by atoms with Gasteiger partial charge in [-0.05, 0) is 62.8 Å². The highest BCUT2D eigenvalue weighted by Crippen LogP contribution is 2.27. The van der Waals surface area contributed by atoms with Crippen LogP contribution < -0.4 is 5.32 Å². The van der Waals surface area contributed by atoms with Gasteiger partial charge in [0.05, 0.1) is 0 Å². The Bertz CT molecular complexity index is 573. The lowest BCUT2D eigenvalue weighted by molar-refractivity contribution is 0.0242. The van der Waals surface area contributed by atoms with Crippen LogP contribution in [0, 0.1) is 5.92 Å². The molecule has 1 aromatic carbocycles. The van der Waals surface area contributed by atoms with Crippen molar-refractivity contribution < 1.29 is 9.53 Å². The fourth-order valence-corrected chi connectivity index (χ4v) is 3.13. The summed E-state index contributed by atoms with van der Waals surface area (Å²) >= 11 is 0. The molecule has 0 unspecified atom stereocenters. The standard InChI is InChI=1S/C19H28N2O2/c1-19(2,3)23-18(22)21-12-16-8-7-15(9-17(16)13-21)11-20-10-14-5-4-6-14/h7-9,14,20H,4-6,10-13H2,1-3H3. The maximum absolute atomic E-state index is 12.2. The Morgan fingerprint density at radius 3 is 2.65 bits per heavy atom. The molecule has 2 aliphatic rings. The fraction of sp³-hybridized carbons (Fsp3) is 0.632. The summed E-state index contributed by atoms with van der Waals surface area (Å²) in [7, 11) is 0. The summed E-state index contributed by atoms with van der Waals surface area (Å²) in [6.45, 7) is 9.05. The molecular formula is C19H28N2O2. The van der Waals surface area contributed by atoms with Crippen molar-refractivity contribution in [1.29, 1.82) is 0 Å². The number of carbonyl (C=O) groups excluding carboxylic acids is 1. The van der Waals surface area contributed by atoms with E-state index in [1.807, 2.05) is 20.8 Å². The third-order valence-electron chi connectivity index (χ3n) is 4.63. The molecule has 3 rings (SSSR count). The SMILES string of the molecule is CC(C)(C)OC(=O)N1Cc2ccc(CNCC3CCC3)cc2C1. The minimum atomic E-state index is -0.442. The Kier molecular flexibility index (Phi) is 4.62. The first-order valence-corrected chi connectivity index (χ1v) is 8.70. The van der Waals surface area contributed by atoms with E-state index in [9.17, 15) is 4.79 Å². The van der Waals surface area contributed by atoms with Crippen molar-refractivity contribution in [3.63, 3.8) is 0 Å². The minimum absolute atomic E-state index is 0.224. The van der Waals surface area contributed by atoms with E-state index >= 15 is 0 Å². The van der Waals surface area contributed by atoms with Crippen LogP contribution in [0.25, 0.3) is 0 Å². The van der Waals surface area contributed by atoms with Crippen molar-refractivity contribution >= 4 is 6.09 Å². The Labute approximate surface area is 139 Å². The van der Waals surface area contributed by atoms with Crippen LogP contribution in [0.2, 0.25) is 0 Å². The number of ether oxygens (including phenoxy) is 1. The molecule has 0 saturated heterocycles. The Morgan fingerprint density at radius 1 is 1.26 bits per heavy atom. The molecule has 4 heteroatoms. The van der Waals surface area contributed by atoms with Crippen LogP contribution in [-0.2, 0) is 24.4 Å². The van der Waals surface area contributed by atoms with Crippen molar-refractivity contribution in [2.45, 2.75) is 65.3 Å². The molecule has 0 atom stereocenters. The molecule has 0 radical (unpaired) electrons. The Hall–Kier alpha value is -1.55. The largest absolute Gasteiger partial charge is 0.444 e. The second-order valence-electron chi connectivity index (χ2n) is 7.87. The van der Waals surface area contributed by atoms with E-state index in [0.29, 0.717) is 13.1 Å². The number of rotatable bonds is 4. The van der Waals surface area contributed by atoms with Crippen LogP contribution in [0.1, 0.15) is 56.7 Å². The molecule has 4 nitrogen and oxygen atoms in total. The summed E-state index contributed by atoms with van der Waals surface area (Å²) < 4.78 is 5.47. The average molecular weight is 316 g/mol. The third-order valence-corrected chi connectivity index (χ3v) is 4.63. The van der Waals surface area contributed by atoms with Crippen LogP contribution in [0.4, 0.5) is 4.79 Å². The normalized spacial score (nSPS) is 17.8. The lowest BCUT2D eigenvalue weighted by Gasteiger charge is -2.25. The maximum atomic E-state index is 12.2.